The maximum absolute atomic E-state index is 5.41. The highest BCUT2D eigenvalue weighted by Gasteiger charge is 2.17. The van der Waals surface area contributed by atoms with Crippen molar-refractivity contribution in [3.63, 3.8) is 0 Å². The normalized spacial score (nSPS) is 15.2. The smallest absolute Gasteiger partial charge is 0.146 e. The second-order valence-corrected chi connectivity index (χ2v) is 7.27. The van der Waals surface area contributed by atoms with E-state index in [-0.39, 0.29) is 0 Å². The molecule has 0 unspecified atom stereocenters. The molecule has 0 saturated carbocycles. The van der Waals surface area contributed by atoms with Crippen LogP contribution in [-0.4, -0.2) is 63.8 Å². The number of pyridine rings is 1. The minimum atomic E-state index is 0.713. The Morgan fingerprint density at radius 3 is 2.75 bits per heavy atom. The molecule has 0 aliphatic carbocycles. The Hall–Kier alpha value is -2.51. The molecule has 3 aromatic heterocycles. The molecule has 4 rings (SSSR count). The molecule has 0 aromatic carbocycles. The lowest BCUT2D eigenvalue weighted by Gasteiger charge is -2.26. The predicted molar refractivity (Wildman–Crippen MR) is 111 cm³/mol. The van der Waals surface area contributed by atoms with Gasteiger partial charge in [0.2, 0.25) is 0 Å². The molecule has 4 heterocycles. The van der Waals surface area contributed by atoms with Gasteiger partial charge >= 0.3 is 0 Å². The lowest BCUT2D eigenvalue weighted by atomic mass is 10.2. The van der Waals surface area contributed by atoms with Crippen LogP contribution in [0.2, 0.25) is 0 Å². The van der Waals surface area contributed by atoms with E-state index in [0.29, 0.717) is 6.54 Å². The lowest BCUT2D eigenvalue weighted by molar-refractivity contribution is 0.0378. The van der Waals surface area contributed by atoms with Crippen LogP contribution in [0.5, 0.6) is 0 Å². The lowest BCUT2D eigenvalue weighted by Crippen LogP contribution is -2.37. The van der Waals surface area contributed by atoms with Crippen LogP contribution in [0.4, 0.5) is 5.82 Å². The molecule has 1 aliphatic heterocycles. The van der Waals surface area contributed by atoms with Gasteiger partial charge in [0.25, 0.3) is 0 Å². The fourth-order valence-corrected chi connectivity index (χ4v) is 3.78. The van der Waals surface area contributed by atoms with Gasteiger partial charge in [0.05, 0.1) is 30.8 Å². The molecule has 0 radical (unpaired) electrons. The second-order valence-electron chi connectivity index (χ2n) is 7.27. The number of aryl methyl sites for hydroxylation is 1. The van der Waals surface area contributed by atoms with Crippen molar-refractivity contribution < 1.29 is 4.74 Å². The molecule has 7 heteroatoms. The summed E-state index contributed by atoms with van der Waals surface area (Å²) in [5.41, 5.74) is 4.42. The first-order chi connectivity index (χ1) is 13.7. The number of morpholine rings is 1. The van der Waals surface area contributed by atoms with Gasteiger partial charge in [-0.1, -0.05) is 6.07 Å². The van der Waals surface area contributed by atoms with E-state index in [9.17, 15) is 0 Å². The van der Waals surface area contributed by atoms with Crippen LogP contribution in [0.15, 0.2) is 30.7 Å². The Morgan fingerprint density at radius 1 is 1.11 bits per heavy atom. The molecule has 0 bridgehead atoms. The first-order valence-electron chi connectivity index (χ1n) is 9.98. The van der Waals surface area contributed by atoms with Crippen molar-refractivity contribution >= 4 is 16.9 Å². The number of hydrogen-bond donors (Lipinski definition) is 1. The van der Waals surface area contributed by atoms with Crippen LogP contribution in [0.25, 0.3) is 11.0 Å². The molecule has 1 fully saturated rings. The molecule has 0 spiro atoms. The topological polar surface area (TPSA) is 68.1 Å². The number of hydrogen-bond acceptors (Lipinski definition) is 6. The summed E-state index contributed by atoms with van der Waals surface area (Å²) < 4.78 is 7.64. The van der Waals surface area contributed by atoms with Gasteiger partial charge in [-0.15, -0.1) is 0 Å². The van der Waals surface area contributed by atoms with Gasteiger partial charge in [0, 0.05) is 31.5 Å². The highest BCUT2D eigenvalue weighted by molar-refractivity contribution is 5.91. The van der Waals surface area contributed by atoms with Crippen molar-refractivity contribution in [1.82, 2.24) is 24.4 Å². The van der Waals surface area contributed by atoms with Gasteiger partial charge in [-0.3, -0.25) is 9.88 Å². The van der Waals surface area contributed by atoms with Crippen molar-refractivity contribution in [2.24, 2.45) is 0 Å². The zero-order chi connectivity index (χ0) is 19.3. The summed E-state index contributed by atoms with van der Waals surface area (Å²) >= 11 is 0. The first kappa shape index (κ1) is 18.8. The minimum Gasteiger partial charge on any atom is -0.379 e. The maximum Gasteiger partial charge on any atom is 0.146 e. The van der Waals surface area contributed by atoms with Crippen molar-refractivity contribution in [2.45, 2.75) is 26.8 Å². The van der Waals surface area contributed by atoms with E-state index in [4.69, 9.17) is 4.74 Å². The van der Waals surface area contributed by atoms with Crippen LogP contribution in [0, 0.1) is 13.8 Å². The number of aromatic nitrogens is 4. The summed E-state index contributed by atoms with van der Waals surface area (Å²) in [5.74, 6) is 0.923. The zero-order valence-corrected chi connectivity index (χ0v) is 16.7. The summed E-state index contributed by atoms with van der Waals surface area (Å²) in [6, 6.07) is 6.01. The summed E-state index contributed by atoms with van der Waals surface area (Å²) in [6.45, 7) is 10.8. The van der Waals surface area contributed by atoms with Gasteiger partial charge in [-0.25, -0.2) is 9.97 Å². The number of ether oxygens (including phenoxy) is 1. The third kappa shape index (κ3) is 4.00. The average molecular weight is 380 g/mol. The number of rotatable bonds is 7. The third-order valence-electron chi connectivity index (χ3n) is 5.50. The van der Waals surface area contributed by atoms with Gasteiger partial charge in [0.1, 0.15) is 17.8 Å². The highest BCUT2D eigenvalue weighted by atomic mass is 16.5. The van der Waals surface area contributed by atoms with Crippen molar-refractivity contribution in [2.75, 3.05) is 44.7 Å². The molecule has 7 nitrogen and oxygen atoms in total. The molecule has 0 amide bonds. The Labute approximate surface area is 165 Å². The van der Waals surface area contributed by atoms with Gasteiger partial charge in [-0.2, -0.15) is 0 Å². The van der Waals surface area contributed by atoms with Crippen LogP contribution in [-0.2, 0) is 11.3 Å². The average Bonchev–Trinajstić information content (AvgIpc) is 2.98. The summed E-state index contributed by atoms with van der Waals surface area (Å²) in [5, 5.41) is 4.65. The third-order valence-corrected chi connectivity index (χ3v) is 5.50. The van der Waals surface area contributed by atoms with Crippen LogP contribution < -0.4 is 5.32 Å². The van der Waals surface area contributed by atoms with E-state index in [1.165, 1.54) is 11.3 Å². The fourth-order valence-electron chi connectivity index (χ4n) is 3.78. The van der Waals surface area contributed by atoms with Crippen molar-refractivity contribution in [1.29, 1.82) is 0 Å². The number of fused-ring (bicyclic) bond motifs is 1. The summed E-state index contributed by atoms with van der Waals surface area (Å²) in [7, 11) is 0. The van der Waals surface area contributed by atoms with Crippen LogP contribution in [0.1, 0.15) is 23.4 Å². The van der Waals surface area contributed by atoms with Gasteiger partial charge < -0.3 is 14.6 Å². The van der Waals surface area contributed by atoms with E-state index < -0.39 is 0 Å². The zero-order valence-electron chi connectivity index (χ0n) is 16.7. The molecule has 1 saturated heterocycles. The molecule has 3 aromatic rings. The van der Waals surface area contributed by atoms with Crippen LogP contribution >= 0.6 is 0 Å². The molecular weight excluding hydrogens is 352 g/mol. The van der Waals surface area contributed by atoms with E-state index in [0.717, 1.165) is 68.4 Å². The quantitative estimate of drug-likeness (QED) is 0.636. The largest absolute Gasteiger partial charge is 0.379 e. The monoisotopic (exact) mass is 380 g/mol. The number of anilines is 1. The highest BCUT2D eigenvalue weighted by Crippen LogP contribution is 2.29. The van der Waals surface area contributed by atoms with E-state index in [2.05, 4.69) is 43.6 Å². The second kappa shape index (κ2) is 8.67. The van der Waals surface area contributed by atoms with E-state index in [1.54, 1.807) is 6.33 Å². The van der Waals surface area contributed by atoms with Gasteiger partial charge in [0.15, 0.2) is 0 Å². The maximum atomic E-state index is 5.41. The molecule has 148 valence electrons. The Kier molecular flexibility index (Phi) is 5.83. The molecule has 28 heavy (non-hydrogen) atoms. The Bertz CT molecular complexity index is 918. The number of nitrogens with zero attached hydrogens (tertiary/aromatic N) is 5. The fraction of sp³-hybridized carbons (Fsp3) is 0.476. The molecule has 1 N–H and O–H groups in total. The van der Waals surface area contributed by atoms with E-state index in [1.807, 2.05) is 24.4 Å². The molecular formula is C21H28N6O. The Balaban J connectivity index is 1.49. The Morgan fingerprint density at radius 2 is 1.96 bits per heavy atom. The predicted octanol–water partition coefficient (Wildman–Crippen LogP) is 2.63. The minimum absolute atomic E-state index is 0.713. The molecule has 1 aliphatic rings. The van der Waals surface area contributed by atoms with Crippen molar-refractivity contribution in [3.05, 3.63) is 47.7 Å². The number of nitrogens with one attached hydrogen (secondary N) is 1. The SMILES string of the molecule is Cc1c(C)n(Cc2ccccn2)c2ncnc(NCCCN3CCOCC3)c12. The summed E-state index contributed by atoms with van der Waals surface area (Å²) in [6.07, 6.45) is 4.57. The standard InChI is InChI=1S/C21H28N6O/c1-16-17(2)27(14-18-6-3-4-7-22-18)21-19(16)20(24-15-25-21)23-8-5-9-26-10-12-28-13-11-26/h3-4,6-7,15H,5,8-14H2,1-2H3,(H,23,24,25). The first-order valence-corrected chi connectivity index (χ1v) is 9.98. The van der Waals surface area contributed by atoms with Crippen LogP contribution in [0.3, 0.4) is 0 Å². The van der Waals surface area contributed by atoms with Gasteiger partial charge in [-0.05, 0) is 44.5 Å². The van der Waals surface area contributed by atoms with Crippen molar-refractivity contribution in [3.8, 4) is 0 Å². The molecule has 0 atom stereocenters. The van der Waals surface area contributed by atoms with E-state index >= 15 is 0 Å². The summed E-state index contributed by atoms with van der Waals surface area (Å²) in [4.78, 5) is 16.0.